The van der Waals surface area contributed by atoms with Crippen molar-refractivity contribution in [1.29, 1.82) is 0 Å². The number of benzene rings is 1. The molecular weight excluding hydrogens is 286 g/mol. The molecule has 0 aliphatic heterocycles. The first kappa shape index (κ1) is 15.4. The average molecular weight is 305 g/mol. The van der Waals surface area contributed by atoms with Crippen molar-refractivity contribution in [2.24, 2.45) is 0 Å². The van der Waals surface area contributed by atoms with Crippen molar-refractivity contribution in [2.45, 2.75) is 39.5 Å². The first-order chi connectivity index (χ1) is 10.1. The first-order valence-electron chi connectivity index (χ1n) is 7.12. The summed E-state index contributed by atoms with van der Waals surface area (Å²) in [6.45, 7) is 3.85. The van der Waals surface area contributed by atoms with Crippen molar-refractivity contribution in [3.05, 3.63) is 18.2 Å². The predicted octanol–water partition coefficient (Wildman–Crippen LogP) is 3.77. The minimum atomic E-state index is -0.0536. The molecule has 2 rings (SSSR count). The number of rotatable bonds is 6. The van der Waals surface area contributed by atoms with E-state index in [1.807, 2.05) is 18.2 Å². The van der Waals surface area contributed by atoms with Crippen LogP contribution in [0.3, 0.4) is 0 Å². The van der Waals surface area contributed by atoms with Gasteiger partial charge in [0.1, 0.15) is 0 Å². The van der Waals surface area contributed by atoms with Gasteiger partial charge in [-0.05, 0) is 24.6 Å². The van der Waals surface area contributed by atoms with Crippen molar-refractivity contribution in [3.63, 3.8) is 0 Å². The molecule has 2 N–H and O–H groups in total. The highest BCUT2D eigenvalue weighted by Crippen LogP contribution is 2.28. The van der Waals surface area contributed by atoms with Crippen LogP contribution in [-0.2, 0) is 9.59 Å². The Bertz CT molecular complexity index is 651. The Morgan fingerprint density at radius 1 is 1.19 bits per heavy atom. The highest BCUT2D eigenvalue weighted by molar-refractivity contribution is 7.22. The van der Waals surface area contributed by atoms with Crippen LogP contribution in [0.5, 0.6) is 0 Å². The maximum Gasteiger partial charge on any atom is 0.225 e. The molecular formula is C15H19N3O2S. The van der Waals surface area contributed by atoms with Crippen LogP contribution < -0.4 is 10.6 Å². The monoisotopic (exact) mass is 305 g/mol. The molecule has 6 heteroatoms. The van der Waals surface area contributed by atoms with E-state index < -0.39 is 0 Å². The van der Waals surface area contributed by atoms with Gasteiger partial charge in [0.2, 0.25) is 11.8 Å². The SMILES string of the molecule is CCCCC(=O)Nc1ccc2sc(NC(=O)CC)nc2c1. The second kappa shape index (κ2) is 7.17. The number of nitrogens with zero attached hydrogens (tertiary/aromatic N) is 1. The highest BCUT2D eigenvalue weighted by atomic mass is 32.1. The van der Waals surface area contributed by atoms with E-state index in [0.29, 0.717) is 18.0 Å². The van der Waals surface area contributed by atoms with Crippen LogP contribution in [0.2, 0.25) is 0 Å². The third-order valence-corrected chi connectivity index (χ3v) is 3.95. The molecule has 0 aliphatic rings. The molecule has 21 heavy (non-hydrogen) atoms. The molecule has 112 valence electrons. The number of thiazole rings is 1. The number of amides is 2. The van der Waals surface area contributed by atoms with Crippen molar-refractivity contribution < 1.29 is 9.59 Å². The normalized spacial score (nSPS) is 10.6. The molecule has 0 radical (unpaired) electrons. The van der Waals surface area contributed by atoms with Crippen LogP contribution in [0.4, 0.5) is 10.8 Å². The van der Waals surface area contributed by atoms with E-state index >= 15 is 0 Å². The molecule has 1 aromatic carbocycles. The Morgan fingerprint density at radius 3 is 2.71 bits per heavy atom. The minimum Gasteiger partial charge on any atom is -0.326 e. The fraction of sp³-hybridized carbons (Fsp3) is 0.400. The predicted molar refractivity (Wildman–Crippen MR) is 86.7 cm³/mol. The fourth-order valence-corrected chi connectivity index (χ4v) is 2.69. The quantitative estimate of drug-likeness (QED) is 0.853. The molecule has 0 spiro atoms. The van der Waals surface area contributed by atoms with Crippen LogP contribution in [-0.4, -0.2) is 16.8 Å². The largest absolute Gasteiger partial charge is 0.326 e. The lowest BCUT2D eigenvalue weighted by Gasteiger charge is -2.04. The molecule has 0 aliphatic carbocycles. The van der Waals surface area contributed by atoms with E-state index in [1.165, 1.54) is 11.3 Å². The smallest absolute Gasteiger partial charge is 0.225 e. The van der Waals surface area contributed by atoms with Crippen molar-refractivity contribution >= 4 is 44.2 Å². The summed E-state index contributed by atoms with van der Waals surface area (Å²) in [6, 6.07) is 5.59. The van der Waals surface area contributed by atoms with Gasteiger partial charge in [-0.2, -0.15) is 0 Å². The first-order valence-corrected chi connectivity index (χ1v) is 7.94. The zero-order valence-corrected chi connectivity index (χ0v) is 13.0. The van der Waals surface area contributed by atoms with E-state index in [-0.39, 0.29) is 11.8 Å². The molecule has 1 heterocycles. The van der Waals surface area contributed by atoms with Crippen molar-refractivity contribution in [3.8, 4) is 0 Å². The number of hydrogen-bond donors (Lipinski definition) is 2. The van der Waals surface area contributed by atoms with Crippen LogP contribution in [0.15, 0.2) is 18.2 Å². The third-order valence-electron chi connectivity index (χ3n) is 3.00. The van der Waals surface area contributed by atoms with Gasteiger partial charge in [-0.25, -0.2) is 4.98 Å². The lowest BCUT2D eigenvalue weighted by Crippen LogP contribution is -2.10. The van der Waals surface area contributed by atoms with Gasteiger partial charge in [0.05, 0.1) is 10.2 Å². The second-order valence-electron chi connectivity index (χ2n) is 4.75. The lowest BCUT2D eigenvalue weighted by atomic mass is 10.2. The van der Waals surface area contributed by atoms with E-state index in [9.17, 15) is 9.59 Å². The van der Waals surface area contributed by atoms with Crippen LogP contribution in [0, 0.1) is 0 Å². The fourth-order valence-electron chi connectivity index (χ4n) is 1.83. The van der Waals surface area contributed by atoms with Crippen LogP contribution in [0.25, 0.3) is 10.2 Å². The Labute approximate surface area is 127 Å². The number of carbonyl (C=O) groups is 2. The Morgan fingerprint density at radius 2 is 2.00 bits per heavy atom. The summed E-state index contributed by atoms with van der Waals surface area (Å²) in [6.07, 6.45) is 2.84. The summed E-state index contributed by atoms with van der Waals surface area (Å²) in [5.74, 6) is -0.0342. The van der Waals surface area contributed by atoms with E-state index in [4.69, 9.17) is 0 Å². The Balaban J connectivity index is 2.10. The summed E-state index contributed by atoms with van der Waals surface area (Å²) >= 11 is 1.43. The molecule has 5 nitrogen and oxygen atoms in total. The van der Waals surface area contributed by atoms with Gasteiger partial charge in [-0.1, -0.05) is 31.6 Å². The summed E-state index contributed by atoms with van der Waals surface area (Å²) in [5.41, 5.74) is 1.52. The maximum absolute atomic E-state index is 11.7. The second-order valence-corrected chi connectivity index (χ2v) is 5.79. The van der Waals surface area contributed by atoms with Gasteiger partial charge in [0, 0.05) is 18.5 Å². The number of anilines is 2. The standard InChI is InChI=1S/C15H19N3O2S/c1-3-5-6-14(20)16-10-7-8-12-11(9-10)17-15(21-12)18-13(19)4-2/h7-9H,3-6H2,1-2H3,(H,16,20)(H,17,18,19). The number of unbranched alkanes of at least 4 members (excludes halogenated alkanes) is 1. The highest BCUT2D eigenvalue weighted by Gasteiger charge is 2.08. The van der Waals surface area contributed by atoms with Gasteiger partial charge in [-0.15, -0.1) is 0 Å². The Hall–Kier alpha value is -1.95. The number of aromatic nitrogens is 1. The van der Waals surface area contributed by atoms with Gasteiger partial charge < -0.3 is 10.6 Å². The van der Waals surface area contributed by atoms with Crippen molar-refractivity contribution in [1.82, 2.24) is 4.98 Å². The molecule has 0 unspecified atom stereocenters. The molecule has 0 saturated carbocycles. The minimum absolute atomic E-state index is 0.0194. The molecule has 0 fully saturated rings. The van der Waals surface area contributed by atoms with E-state index in [1.54, 1.807) is 6.92 Å². The summed E-state index contributed by atoms with van der Waals surface area (Å²) < 4.78 is 0.980. The van der Waals surface area contributed by atoms with E-state index in [0.717, 1.165) is 28.7 Å². The number of nitrogens with one attached hydrogen (secondary N) is 2. The number of hydrogen-bond acceptors (Lipinski definition) is 4. The van der Waals surface area contributed by atoms with Gasteiger partial charge in [-0.3, -0.25) is 9.59 Å². The topological polar surface area (TPSA) is 71.1 Å². The average Bonchev–Trinajstić information content (AvgIpc) is 2.86. The molecule has 0 bridgehead atoms. The zero-order chi connectivity index (χ0) is 15.2. The molecule has 2 aromatic rings. The molecule has 2 amide bonds. The van der Waals surface area contributed by atoms with Crippen molar-refractivity contribution in [2.75, 3.05) is 10.6 Å². The maximum atomic E-state index is 11.7. The lowest BCUT2D eigenvalue weighted by molar-refractivity contribution is -0.116. The molecule has 0 saturated heterocycles. The third kappa shape index (κ3) is 4.26. The van der Waals surface area contributed by atoms with E-state index in [2.05, 4.69) is 22.5 Å². The summed E-state index contributed by atoms with van der Waals surface area (Å²) in [7, 11) is 0. The Kier molecular flexibility index (Phi) is 5.27. The number of fused-ring (bicyclic) bond motifs is 1. The van der Waals surface area contributed by atoms with Gasteiger partial charge in [0.25, 0.3) is 0 Å². The van der Waals surface area contributed by atoms with Crippen LogP contribution in [0.1, 0.15) is 39.5 Å². The zero-order valence-electron chi connectivity index (χ0n) is 12.2. The van der Waals surface area contributed by atoms with Gasteiger partial charge >= 0.3 is 0 Å². The summed E-state index contributed by atoms with van der Waals surface area (Å²) in [4.78, 5) is 27.4. The number of carbonyl (C=O) groups excluding carboxylic acids is 2. The van der Waals surface area contributed by atoms with Gasteiger partial charge in [0.15, 0.2) is 5.13 Å². The van der Waals surface area contributed by atoms with Crippen LogP contribution >= 0.6 is 11.3 Å². The summed E-state index contributed by atoms with van der Waals surface area (Å²) in [5, 5.41) is 6.21. The molecule has 0 atom stereocenters. The molecule has 1 aromatic heterocycles.